The van der Waals surface area contributed by atoms with Crippen LogP contribution < -0.4 is 11.3 Å². The lowest BCUT2D eigenvalue weighted by atomic mass is 9.76. The zero-order valence-electron chi connectivity index (χ0n) is 8.96. The molecule has 3 heteroatoms. The van der Waals surface area contributed by atoms with E-state index in [9.17, 15) is 0 Å². The zero-order chi connectivity index (χ0) is 10.8. The van der Waals surface area contributed by atoms with Gasteiger partial charge in [0.15, 0.2) is 0 Å². The Balaban J connectivity index is 2.25. The molecule has 2 rings (SSSR count). The van der Waals surface area contributed by atoms with E-state index >= 15 is 0 Å². The molecule has 1 atom stereocenters. The van der Waals surface area contributed by atoms with Crippen molar-refractivity contribution in [1.29, 1.82) is 0 Å². The molecule has 0 aromatic heterocycles. The molecule has 0 aliphatic heterocycles. The molecule has 1 unspecified atom stereocenters. The minimum Gasteiger partial charge on any atom is -0.271 e. The second-order valence-electron chi connectivity index (χ2n) is 4.34. The van der Waals surface area contributed by atoms with Gasteiger partial charge in [-0.25, -0.2) is 0 Å². The molecular weight excluding hydrogens is 252 g/mol. The Bertz CT molecular complexity index is 347. The summed E-state index contributed by atoms with van der Waals surface area (Å²) in [5, 5.41) is 0. The van der Waals surface area contributed by atoms with Gasteiger partial charge in [0, 0.05) is 10.5 Å². The standard InChI is InChI=1S/C12H17BrN2/c1-8-7-10(13)5-6-11(8)12(15-14)9-3-2-4-9/h5-7,9,12,15H,2-4,14H2,1H3. The molecule has 3 N–H and O–H groups in total. The van der Waals surface area contributed by atoms with Crippen LogP contribution in [0.25, 0.3) is 0 Å². The van der Waals surface area contributed by atoms with E-state index in [0.717, 1.165) is 10.4 Å². The van der Waals surface area contributed by atoms with Gasteiger partial charge < -0.3 is 0 Å². The van der Waals surface area contributed by atoms with Crippen molar-refractivity contribution in [3.05, 3.63) is 33.8 Å². The minimum atomic E-state index is 0.326. The number of rotatable bonds is 3. The lowest BCUT2D eigenvalue weighted by Gasteiger charge is -2.34. The molecule has 1 aromatic rings. The normalized spacial score (nSPS) is 18.6. The lowest BCUT2D eigenvalue weighted by molar-refractivity contribution is 0.231. The quantitative estimate of drug-likeness (QED) is 0.653. The number of hydrazine groups is 1. The lowest BCUT2D eigenvalue weighted by Crippen LogP contribution is -2.36. The van der Waals surface area contributed by atoms with Crippen molar-refractivity contribution in [2.45, 2.75) is 32.2 Å². The van der Waals surface area contributed by atoms with Crippen molar-refractivity contribution in [3.8, 4) is 0 Å². The van der Waals surface area contributed by atoms with Crippen LogP contribution in [0.4, 0.5) is 0 Å². The first-order valence-electron chi connectivity index (χ1n) is 5.44. The molecule has 82 valence electrons. The first-order valence-corrected chi connectivity index (χ1v) is 6.24. The molecule has 0 amide bonds. The maximum absolute atomic E-state index is 5.66. The Labute approximate surface area is 99.3 Å². The van der Waals surface area contributed by atoms with Crippen LogP contribution in [-0.4, -0.2) is 0 Å². The van der Waals surface area contributed by atoms with Gasteiger partial charge in [0.2, 0.25) is 0 Å². The second-order valence-corrected chi connectivity index (χ2v) is 5.25. The van der Waals surface area contributed by atoms with Crippen LogP contribution in [0.1, 0.15) is 36.4 Å². The summed E-state index contributed by atoms with van der Waals surface area (Å²) in [5.41, 5.74) is 5.61. The average molecular weight is 269 g/mol. The van der Waals surface area contributed by atoms with E-state index in [4.69, 9.17) is 5.84 Å². The van der Waals surface area contributed by atoms with Crippen molar-refractivity contribution < 1.29 is 0 Å². The molecule has 0 saturated heterocycles. The summed E-state index contributed by atoms with van der Waals surface area (Å²) in [7, 11) is 0. The van der Waals surface area contributed by atoms with Crippen LogP contribution in [0.3, 0.4) is 0 Å². The summed E-state index contributed by atoms with van der Waals surface area (Å²) in [4.78, 5) is 0. The summed E-state index contributed by atoms with van der Waals surface area (Å²) in [6, 6.07) is 6.73. The SMILES string of the molecule is Cc1cc(Br)ccc1C(NN)C1CCC1. The molecule has 1 aromatic carbocycles. The molecule has 0 radical (unpaired) electrons. The molecule has 2 nitrogen and oxygen atoms in total. The van der Waals surface area contributed by atoms with Crippen molar-refractivity contribution in [3.63, 3.8) is 0 Å². The van der Waals surface area contributed by atoms with Gasteiger partial charge in [0.1, 0.15) is 0 Å². The van der Waals surface area contributed by atoms with Gasteiger partial charge in [-0.1, -0.05) is 28.4 Å². The van der Waals surface area contributed by atoms with Crippen LogP contribution in [0.5, 0.6) is 0 Å². The molecule has 1 saturated carbocycles. The topological polar surface area (TPSA) is 38.0 Å². The highest BCUT2D eigenvalue weighted by atomic mass is 79.9. The van der Waals surface area contributed by atoms with Gasteiger partial charge in [-0.2, -0.15) is 0 Å². The Kier molecular flexibility index (Phi) is 3.44. The summed E-state index contributed by atoms with van der Waals surface area (Å²) < 4.78 is 1.13. The van der Waals surface area contributed by atoms with Gasteiger partial charge in [0.25, 0.3) is 0 Å². The Morgan fingerprint density at radius 1 is 1.47 bits per heavy atom. The number of aryl methyl sites for hydroxylation is 1. The van der Waals surface area contributed by atoms with Gasteiger partial charge in [-0.15, -0.1) is 0 Å². The van der Waals surface area contributed by atoms with Gasteiger partial charge in [0.05, 0.1) is 0 Å². The van der Waals surface area contributed by atoms with Crippen LogP contribution in [0, 0.1) is 12.8 Å². The maximum Gasteiger partial charge on any atom is 0.0490 e. The molecular formula is C12H17BrN2. The predicted molar refractivity (Wildman–Crippen MR) is 66.3 cm³/mol. The van der Waals surface area contributed by atoms with Crippen LogP contribution in [0.2, 0.25) is 0 Å². The first-order chi connectivity index (χ1) is 7.22. The van der Waals surface area contributed by atoms with Gasteiger partial charge in [-0.3, -0.25) is 11.3 Å². The molecule has 1 aliphatic rings. The fourth-order valence-electron chi connectivity index (χ4n) is 2.24. The van der Waals surface area contributed by atoms with E-state index in [1.165, 1.54) is 30.4 Å². The van der Waals surface area contributed by atoms with E-state index in [1.54, 1.807) is 0 Å². The number of halogens is 1. The Morgan fingerprint density at radius 2 is 2.20 bits per heavy atom. The van der Waals surface area contributed by atoms with Crippen LogP contribution >= 0.6 is 15.9 Å². The van der Waals surface area contributed by atoms with Crippen molar-refractivity contribution in [2.75, 3.05) is 0 Å². The van der Waals surface area contributed by atoms with E-state index in [0.29, 0.717) is 6.04 Å². The number of hydrogen-bond acceptors (Lipinski definition) is 2. The summed E-state index contributed by atoms with van der Waals surface area (Å²) in [5.74, 6) is 6.38. The highest BCUT2D eigenvalue weighted by Crippen LogP contribution is 2.38. The fourth-order valence-corrected chi connectivity index (χ4v) is 2.72. The fraction of sp³-hybridized carbons (Fsp3) is 0.500. The maximum atomic E-state index is 5.66. The van der Waals surface area contributed by atoms with Gasteiger partial charge >= 0.3 is 0 Å². The molecule has 0 bridgehead atoms. The van der Waals surface area contributed by atoms with Crippen molar-refractivity contribution >= 4 is 15.9 Å². The average Bonchev–Trinajstić information content (AvgIpc) is 2.12. The third kappa shape index (κ3) is 2.25. The van der Waals surface area contributed by atoms with Gasteiger partial charge in [-0.05, 0) is 48.9 Å². The highest BCUT2D eigenvalue weighted by Gasteiger charge is 2.28. The van der Waals surface area contributed by atoms with E-state index < -0.39 is 0 Å². The molecule has 0 spiro atoms. The van der Waals surface area contributed by atoms with E-state index in [1.807, 2.05) is 0 Å². The van der Waals surface area contributed by atoms with E-state index in [2.05, 4.69) is 46.5 Å². The number of benzene rings is 1. The monoisotopic (exact) mass is 268 g/mol. The Morgan fingerprint density at radius 3 is 2.67 bits per heavy atom. The molecule has 1 fully saturated rings. The van der Waals surface area contributed by atoms with Crippen molar-refractivity contribution in [1.82, 2.24) is 5.43 Å². The molecule has 0 heterocycles. The molecule has 15 heavy (non-hydrogen) atoms. The largest absolute Gasteiger partial charge is 0.271 e. The smallest absolute Gasteiger partial charge is 0.0490 e. The zero-order valence-corrected chi connectivity index (χ0v) is 10.5. The summed E-state index contributed by atoms with van der Waals surface area (Å²) in [6.45, 7) is 2.14. The Hall–Kier alpha value is -0.380. The number of nitrogens with one attached hydrogen (secondary N) is 1. The highest BCUT2D eigenvalue weighted by molar-refractivity contribution is 9.10. The number of nitrogens with two attached hydrogens (primary N) is 1. The number of hydrogen-bond donors (Lipinski definition) is 2. The molecule has 1 aliphatic carbocycles. The van der Waals surface area contributed by atoms with Crippen LogP contribution in [0.15, 0.2) is 22.7 Å². The first kappa shape index (κ1) is 11.1. The van der Waals surface area contributed by atoms with Crippen molar-refractivity contribution in [2.24, 2.45) is 11.8 Å². The third-order valence-corrected chi connectivity index (χ3v) is 3.86. The predicted octanol–water partition coefficient (Wildman–Crippen LogP) is 3.06. The summed E-state index contributed by atoms with van der Waals surface area (Å²) >= 11 is 3.48. The third-order valence-electron chi connectivity index (χ3n) is 3.37. The minimum absolute atomic E-state index is 0.326. The van der Waals surface area contributed by atoms with E-state index in [-0.39, 0.29) is 0 Å². The summed E-state index contributed by atoms with van der Waals surface area (Å²) in [6.07, 6.45) is 3.94. The van der Waals surface area contributed by atoms with Crippen LogP contribution in [-0.2, 0) is 0 Å². The second kappa shape index (κ2) is 4.64.